The third-order valence-corrected chi connectivity index (χ3v) is 8.54. The molecular weight excluding hydrogens is 518 g/mol. The molecule has 9 nitrogen and oxygen atoms in total. The summed E-state index contributed by atoms with van der Waals surface area (Å²) in [5.41, 5.74) is 4.22. The molecule has 39 heavy (non-hydrogen) atoms. The first kappa shape index (κ1) is 27.8. The molecule has 0 radical (unpaired) electrons. The maximum atomic E-state index is 13.2. The predicted octanol–water partition coefficient (Wildman–Crippen LogP) is 3.94. The van der Waals surface area contributed by atoms with Gasteiger partial charge >= 0.3 is 6.09 Å². The van der Waals surface area contributed by atoms with Crippen LogP contribution in [-0.2, 0) is 9.57 Å². The highest BCUT2D eigenvalue weighted by molar-refractivity contribution is 6.31. The average Bonchev–Trinajstić information content (AvgIpc) is 3.48. The van der Waals surface area contributed by atoms with E-state index in [2.05, 4.69) is 9.88 Å². The largest absolute Gasteiger partial charge is 0.433 e. The van der Waals surface area contributed by atoms with E-state index in [-0.39, 0.29) is 5.91 Å². The van der Waals surface area contributed by atoms with Gasteiger partial charge in [0, 0.05) is 49.6 Å². The number of fused-ring (bicyclic) bond motifs is 1. The Labute approximate surface area is 235 Å². The first-order chi connectivity index (χ1) is 18.8. The molecule has 3 fully saturated rings. The second kappa shape index (κ2) is 12.2. The van der Waals surface area contributed by atoms with Crippen LogP contribution in [0.1, 0.15) is 33.6 Å². The van der Waals surface area contributed by atoms with Gasteiger partial charge in [0.15, 0.2) is 0 Å². The lowest BCUT2D eigenvalue weighted by Crippen LogP contribution is -2.43. The van der Waals surface area contributed by atoms with Crippen molar-refractivity contribution in [1.29, 1.82) is 0 Å². The Morgan fingerprint density at radius 1 is 1.05 bits per heavy atom. The minimum absolute atomic E-state index is 0.102. The molecule has 2 unspecified atom stereocenters. The normalized spacial score (nSPS) is 21.7. The number of hydrogen-bond acceptors (Lipinski definition) is 7. The molecule has 2 aromatic rings. The van der Waals surface area contributed by atoms with Gasteiger partial charge in [-0.1, -0.05) is 17.7 Å². The molecule has 3 aliphatic heterocycles. The van der Waals surface area contributed by atoms with Crippen molar-refractivity contribution < 1.29 is 19.2 Å². The Hall–Kier alpha value is -2.72. The number of hydrogen-bond donors (Lipinski definition) is 0. The molecule has 1 aromatic heterocycles. The van der Waals surface area contributed by atoms with Gasteiger partial charge in [-0.15, -0.1) is 5.06 Å². The number of anilines is 1. The summed E-state index contributed by atoms with van der Waals surface area (Å²) in [4.78, 5) is 42.6. The van der Waals surface area contributed by atoms with Crippen molar-refractivity contribution in [2.45, 2.75) is 27.2 Å². The molecule has 3 saturated heterocycles. The summed E-state index contributed by atoms with van der Waals surface area (Å²) >= 11 is 6.39. The van der Waals surface area contributed by atoms with E-state index in [1.165, 1.54) is 0 Å². The maximum absolute atomic E-state index is 13.2. The number of nitrogens with zero attached hydrogens (tertiary/aromatic N) is 5. The lowest BCUT2D eigenvalue weighted by Gasteiger charge is -2.29. The number of pyridine rings is 1. The van der Waals surface area contributed by atoms with E-state index >= 15 is 0 Å². The van der Waals surface area contributed by atoms with Gasteiger partial charge in [0.2, 0.25) is 0 Å². The molecule has 1 aromatic carbocycles. The van der Waals surface area contributed by atoms with Crippen molar-refractivity contribution >= 4 is 29.3 Å². The number of amides is 2. The summed E-state index contributed by atoms with van der Waals surface area (Å²) in [6.45, 7) is 12.9. The van der Waals surface area contributed by atoms with Gasteiger partial charge in [0.25, 0.3) is 5.91 Å². The minimum atomic E-state index is -0.398. The van der Waals surface area contributed by atoms with E-state index in [1.54, 1.807) is 16.2 Å². The van der Waals surface area contributed by atoms with Gasteiger partial charge in [-0.2, -0.15) is 0 Å². The summed E-state index contributed by atoms with van der Waals surface area (Å²) in [5.74, 6) is 1.05. The third kappa shape index (κ3) is 6.38. The highest BCUT2D eigenvalue weighted by Gasteiger charge is 2.42. The van der Waals surface area contributed by atoms with Gasteiger partial charge in [-0.25, -0.2) is 4.79 Å². The first-order valence-electron chi connectivity index (χ1n) is 13.8. The fourth-order valence-corrected chi connectivity index (χ4v) is 6.11. The van der Waals surface area contributed by atoms with E-state index in [0.29, 0.717) is 49.7 Å². The van der Waals surface area contributed by atoms with Crippen LogP contribution in [0.3, 0.4) is 0 Å². The molecule has 4 heterocycles. The number of aromatic nitrogens is 1. The summed E-state index contributed by atoms with van der Waals surface area (Å²) < 4.78 is 5.37. The van der Waals surface area contributed by atoms with Gasteiger partial charge in [-0.05, 0) is 74.9 Å². The smallest absolute Gasteiger partial charge is 0.379 e. The van der Waals surface area contributed by atoms with Crippen molar-refractivity contribution in [3.63, 3.8) is 0 Å². The molecule has 0 saturated carbocycles. The van der Waals surface area contributed by atoms with Crippen molar-refractivity contribution in [3.05, 3.63) is 57.9 Å². The van der Waals surface area contributed by atoms with Crippen LogP contribution in [0.15, 0.2) is 30.5 Å². The fraction of sp³-hybridized carbons (Fsp3) is 0.552. The minimum Gasteiger partial charge on any atom is -0.379 e. The second-order valence-electron chi connectivity index (χ2n) is 10.9. The average molecular weight is 556 g/mol. The predicted molar refractivity (Wildman–Crippen MR) is 150 cm³/mol. The summed E-state index contributed by atoms with van der Waals surface area (Å²) in [5, 5.41) is 2.29. The van der Waals surface area contributed by atoms with Crippen molar-refractivity contribution in [2.24, 2.45) is 11.8 Å². The van der Waals surface area contributed by atoms with Crippen LogP contribution >= 0.6 is 11.6 Å². The van der Waals surface area contributed by atoms with Crippen LogP contribution in [0.4, 0.5) is 10.5 Å². The number of aryl methyl sites for hydroxylation is 3. The van der Waals surface area contributed by atoms with E-state index in [1.807, 2.05) is 49.9 Å². The Kier molecular flexibility index (Phi) is 8.71. The van der Waals surface area contributed by atoms with Gasteiger partial charge in [-0.3, -0.25) is 14.7 Å². The molecule has 3 aliphatic rings. The molecule has 2 atom stereocenters. The SMILES string of the molecule is Cc1ccc(N(CCCN2CC3CN(C(=O)c4c(C)ccnc4C)CC3C2)C(=O)ON2CCOCC2)cc1Cl. The molecular formula is C29H38ClN5O4. The highest BCUT2D eigenvalue weighted by atomic mass is 35.5. The Bertz CT molecular complexity index is 1170. The molecule has 5 rings (SSSR count). The van der Waals surface area contributed by atoms with Crippen molar-refractivity contribution in [3.8, 4) is 0 Å². The third-order valence-electron chi connectivity index (χ3n) is 8.13. The number of rotatable bonds is 7. The topological polar surface area (TPSA) is 78.5 Å². The molecule has 0 spiro atoms. The van der Waals surface area contributed by atoms with E-state index in [0.717, 1.165) is 67.2 Å². The lowest BCUT2D eigenvalue weighted by molar-refractivity contribution is -0.143. The number of morpholine rings is 1. The molecule has 0 aliphatic carbocycles. The van der Waals surface area contributed by atoms with Crippen LogP contribution in [0.5, 0.6) is 0 Å². The molecule has 2 amide bonds. The molecule has 0 bridgehead atoms. The van der Waals surface area contributed by atoms with Gasteiger partial charge < -0.3 is 19.4 Å². The van der Waals surface area contributed by atoms with Crippen LogP contribution < -0.4 is 4.90 Å². The number of ether oxygens (including phenoxy) is 1. The Balaban J connectivity index is 1.15. The number of carbonyl (C=O) groups excluding carboxylic acids is 2. The van der Waals surface area contributed by atoms with Gasteiger partial charge in [0.1, 0.15) is 0 Å². The fourth-order valence-electron chi connectivity index (χ4n) is 5.94. The van der Waals surface area contributed by atoms with Crippen LogP contribution in [-0.4, -0.2) is 97.4 Å². The van der Waals surface area contributed by atoms with E-state index in [4.69, 9.17) is 21.2 Å². The number of halogens is 1. The Morgan fingerprint density at radius 3 is 2.44 bits per heavy atom. The molecule has 0 N–H and O–H groups in total. The Morgan fingerprint density at radius 2 is 1.77 bits per heavy atom. The highest BCUT2D eigenvalue weighted by Crippen LogP contribution is 2.33. The number of hydroxylamine groups is 2. The quantitative estimate of drug-likeness (QED) is 0.512. The maximum Gasteiger partial charge on any atom is 0.433 e. The zero-order valence-corrected chi connectivity index (χ0v) is 23.8. The monoisotopic (exact) mass is 555 g/mol. The van der Waals surface area contributed by atoms with Crippen molar-refractivity contribution in [2.75, 3.05) is 70.5 Å². The molecule has 210 valence electrons. The lowest BCUT2D eigenvalue weighted by atomic mass is 10.0. The van der Waals surface area contributed by atoms with Gasteiger partial charge in [0.05, 0.1) is 37.6 Å². The number of likely N-dealkylation sites (tertiary alicyclic amines) is 2. The zero-order chi connectivity index (χ0) is 27.5. The number of benzene rings is 1. The first-order valence-corrected chi connectivity index (χ1v) is 14.2. The summed E-state index contributed by atoms with van der Waals surface area (Å²) in [6.07, 6.45) is 2.17. The van der Waals surface area contributed by atoms with Crippen LogP contribution in [0.2, 0.25) is 5.02 Å². The van der Waals surface area contributed by atoms with Crippen LogP contribution in [0.25, 0.3) is 0 Å². The number of carbonyl (C=O) groups is 2. The van der Waals surface area contributed by atoms with E-state index in [9.17, 15) is 9.59 Å². The second-order valence-corrected chi connectivity index (χ2v) is 11.3. The molecule has 10 heteroatoms. The summed E-state index contributed by atoms with van der Waals surface area (Å²) in [6, 6.07) is 7.58. The summed E-state index contributed by atoms with van der Waals surface area (Å²) in [7, 11) is 0. The standard InChI is InChI=1S/C29H38ClN5O4/c1-20-5-6-25(15-26(20)30)35(29(37)39-34-11-13-38-14-12-34)10-4-9-32-16-23-18-33(19-24(23)17-32)28(36)27-21(2)7-8-31-22(27)3/h5-8,15,23-24H,4,9-14,16-19H2,1-3H3. The van der Waals surface area contributed by atoms with Crippen LogP contribution in [0, 0.1) is 32.6 Å². The van der Waals surface area contributed by atoms with E-state index < -0.39 is 6.09 Å². The van der Waals surface area contributed by atoms with Crippen molar-refractivity contribution in [1.82, 2.24) is 19.8 Å². The zero-order valence-electron chi connectivity index (χ0n) is 23.1.